The summed E-state index contributed by atoms with van der Waals surface area (Å²) in [7, 11) is 0. The van der Waals surface area contributed by atoms with E-state index >= 15 is 0 Å². The highest BCUT2D eigenvalue weighted by Gasteiger charge is 2.15. The fourth-order valence-electron chi connectivity index (χ4n) is 2.19. The van der Waals surface area contributed by atoms with Crippen molar-refractivity contribution in [3.8, 4) is 0 Å². The number of halogens is 2. The van der Waals surface area contributed by atoms with Crippen LogP contribution >= 0.6 is 28.3 Å². The van der Waals surface area contributed by atoms with Gasteiger partial charge in [-0.1, -0.05) is 28.1 Å². The van der Waals surface area contributed by atoms with Gasteiger partial charge in [-0.2, -0.15) is 0 Å². The van der Waals surface area contributed by atoms with Gasteiger partial charge in [0.05, 0.1) is 0 Å². The molecule has 1 aliphatic rings. The minimum atomic E-state index is 0. The zero-order valence-electron chi connectivity index (χ0n) is 11.1. The Morgan fingerprint density at radius 1 is 1.37 bits per heavy atom. The molecule has 0 atom stereocenters. The third-order valence-corrected chi connectivity index (χ3v) is 4.21. The number of rotatable bonds is 3. The van der Waals surface area contributed by atoms with Crippen molar-refractivity contribution in [3.05, 3.63) is 33.8 Å². The van der Waals surface area contributed by atoms with Gasteiger partial charge in [0.15, 0.2) is 0 Å². The van der Waals surface area contributed by atoms with Gasteiger partial charge in [-0.15, -0.1) is 12.4 Å². The number of nitrogens with zero attached hydrogens (tertiary/aromatic N) is 1. The first-order valence-corrected chi connectivity index (χ1v) is 7.19. The summed E-state index contributed by atoms with van der Waals surface area (Å²) in [6.45, 7) is 5.61. The van der Waals surface area contributed by atoms with Crippen LogP contribution in [0.2, 0.25) is 0 Å². The van der Waals surface area contributed by atoms with Crippen molar-refractivity contribution in [1.82, 2.24) is 10.2 Å². The van der Waals surface area contributed by atoms with Gasteiger partial charge in [-0.3, -0.25) is 4.79 Å². The summed E-state index contributed by atoms with van der Waals surface area (Å²) in [6.07, 6.45) is 1.44. The highest BCUT2D eigenvalue weighted by Crippen LogP contribution is 2.18. The molecule has 106 valence electrons. The molecule has 0 saturated carbocycles. The molecule has 19 heavy (non-hydrogen) atoms. The van der Waals surface area contributed by atoms with Gasteiger partial charge >= 0.3 is 0 Å². The number of amides is 1. The molecule has 5 heteroatoms. The van der Waals surface area contributed by atoms with E-state index in [9.17, 15) is 4.79 Å². The van der Waals surface area contributed by atoms with Crippen molar-refractivity contribution in [2.45, 2.75) is 19.8 Å². The maximum Gasteiger partial charge on any atom is 0.222 e. The summed E-state index contributed by atoms with van der Waals surface area (Å²) in [5, 5.41) is 3.26. The lowest BCUT2D eigenvalue weighted by atomic mass is 10.1. The summed E-state index contributed by atoms with van der Waals surface area (Å²) in [6, 6.07) is 6.29. The van der Waals surface area contributed by atoms with Crippen molar-refractivity contribution in [2.75, 3.05) is 26.2 Å². The molecule has 1 amide bonds. The number of benzene rings is 1. The van der Waals surface area contributed by atoms with E-state index in [1.807, 2.05) is 4.90 Å². The van der Waals surface area contributed by atoms with Gasteiger partial charge < -0.3 is 10.2 Å². The van der Waals surface area contributed by atoms with Crippen LogP contribution in [0.4, 0.5) is 0 Å². The van der Waals surface area contributed by atoms with E-state index in [1.54, 1.807) is 0 Å². The van der Waals surface area contributed by atoms with Gasteiger partial charge in [0, 0.05) is 37.1 Å². The molecule has 0 aliphatic carbocycles. The highest BCUT2D eigenvalue weighted by atomic mass is 79.9. The van der Waals surface area contributed by atoms with Gasteiger partial charge in [0.1, 0.15) is 0 Å². The van der Waals surface area contributed by atoms with Crippen LogP contribution in [0.3, 0.4) is 0 Å². The average molecular weight is 348 g/mol. The van der Waals surface area contributed by atoms with E-state index in [1.165, 1.54) is 11.1 Å². The van der Waals surface area contributed by atoms with Gasteiger partial charge in [-0.05, 0) is 30.5 Å². The summed E-state index contributed by atoms with van der Waals surface area (Å²) in [4.78, 5) is 14.0. The van der Waals surface area contributed by atoms with Crippen molar-refractivity contribution < 1.29 is 4.79 Å². The van der Waals surface area contributed by atoms with Crippen molar-refractivity contribution in [3.63, 3.8) is 0 Å². The number of aryl methyl sites for hydroxylation is 2. The third kappa shape index (κ3) is 4.79. The van der Waals surface area contributed by atoms with Gasteiger partial charge in [-0.25, -0.2) is 0 Å². The monoisotopic (exact) mass is 346 g/mol. The predicted molar refractivity (Wildman–Crippen MR) is 83.9 cm³/mol. The normalized spacial score (nSPS) is 14.9. The minimum absolute atomic E-state index is 0. The van der Waals surface area contributed by atoms with Crippen LogP contribution in [0.15, 0.2) is 22.7 Å². The Balaban J connectivity index is 0.00000180. The zero-order chi connectivity index (χ0) is 13.0. The second-order valence-corrected chi connectivity index (χ2v) is 5.57. The molecule has 1 aromatic carbocycles. The molecule has 0 aromatic heterocycles. The van der Waals surface area contributed by atoms with Crippen LogP contribution in [0.25, 0.3) is 0 Å². The molecule has 1 aromatic rings. The standard InChI is InChI=1S/C14H19BrN2O.ClH/c1-11-10-12(2-4-13(11)15)3-5-14(18)17-8-6-16-7-9-17;/h2,4,10,16H,3,5-9H2,1H3;1H. The Labute approximate surface area is 129 Å². The molecule has 0 bridgehead atoms. The Kier molecular flexibility index (Phi) is 6.83. The van der Waals surface area contributed by atoms with E-state index in [4.69, 9.17) is 0 Å². The highest BCUT2D eigenvalue weighted by molar-refractivity contribution is 9.10. The van der Waals surface area contributed by atoms with E-state index in [0.717, 1.165) is 37.1 Å². The molecular formula is C14H20BrClN2O. The van der Waals surface area contributed by atoms with Crippen molar-refractivity contribution in [1.29, 1.82) is 0 Å². The third-order valence-electron chi connectivity index (χ3n) is 3.32. The fraction of sp³-hybridized carbons (Fsp3) is 0.500. The maximum atomic E-state index is 12.0. The topological polar surface area (TPSA) is 32.3 Å². The second kappa shape index (κ2) is 7.88. The molecule has 3 nitrogen and oxygen atoms in total. The van der Waals surface area contributed by atoms with Gasteiger partial charge in [0.25, 0.3) is 0 Å². The SMILES string of the molecule is Cc1cc(CCC(=O)N2CCNCC2)ccc1Br.Cl. The molecule has 1 saturated heterocycles. The average Bonchev–Trinajstić information content (AvgIpc) is 2.41. The summed E-state index contributed by atoms with van der Waals surface area (Å²) < 4.78 is 1.12. The molecule has 1 N–H and O–H groups in total. The summed E-state index contributed by atoms with van der Waals surface area (Å²) >= 11 is 3.49. The molecule has 2 rings (SSSR count). The molecule has 1 fully saturated rings. The lowest BCUT2D eigenvalue weighted by molar-refractivity contribution is -0.131. The van der Waals surface area contributed by atoms with Crippen LogP contribution in [0, 0.1) is 6.92 Å². The Bertz CT molecular complexity index is 433. The number of hydrogen-bond acceptors (Lipinski definition) is 2. The Morgan fingerprint density at radius 2 is 2.05 bits per heavy atom. The van der Waals surface area contributed by atoms with Gasteiger partial charge in [0.2, 0.25) is 5.91 Å². The number of piperazine rings is 1. The van der Waals surface area contributed by atoms with Crippen molar-refractivity contribution in [2.24, 2.45) is 0 Å². The van der Waals surface area contributed by atoms with E-state index in [2.05, 4.69) is 46.4 Å². The minimum Gasteiger partial charge on any atom is -0.340 e. The number of nitrogens with one attached hydrogen (secondary N) is 1. The first kappa shape index (κ1) is 16.5. The molecular weight excluding hydrogens is 328 g/mol. The van der Waals surface area contributed by atoms with Crippen LogP contribution in [0.1, 0.15) is 17.5 Å². The number of carbonyl (C=O) groups excluding carboxylic acids is 1. The summed E-state index contributed by atoms with van der Waals surface area (Å²) in [5.74, 6) is 0.275. The maximum absolute atomic E-state index is 12.0. The fourth-order valence-corrected chi connectivity index (χ4v) is 2.43. The van der Waals surface area contributed by atoms with E-state index in [-0.39, 0.29) is 18.3 Å². The lowest BCUT2D eigenvalue weighted by Crippen LogP contribution is -2.46. The zero-order valence-corrected chi connectivity index (χ0v) is 13.5. The lowest BCUT2D eigenvalue weighted by Gasteiger charge is -2.27. The van der Waals surface area contributed by atoms with E-state index < -0.39 is 0 Å². The van der Waals surface area contributed by atoms with E-state index in [0.29, 0.717) is 6.42 Å². The van der Waals surface area contributed by atoms with Crippen LogP contribution < -0.4 is 5.32 Å². The Hall–Kier alpha value is -0.580. The van der Waals surface area contributed by atoms with Crippen LogP contribution in [-0.4, -0.2) is 37.0 Å². The van der Waals surface area contributed by atoms with Crippen molar-refractivity contribution >= 4 is 34.2 Å². The molecule has 0 unspecified atom stereocenters. The molecule has 1 heterocycles. The largest absolute Gasteiger partial charge is 0.340 e. The summed E-state index contributed by atoms with van der Waals surface area (Å²) in [5.41, 5.74) is 2.46. The molecule has 0 radical (unpaired) electrons. The first-order chi connectivity index (χ1) is 8.66. The number of hydrogen-bond donors (Lipinski definition) is 1. The number of carbonyl (C=O) groups is 1. The Morgan fingerprint density at radius 3 is 2.68 bits per heavy atom. The first-order valence-electron chi connectivity index (χ1n) is 6.40. The smallest absolute Gasteiger partial charge is 0.222 e. The second-order valence-electron chi connectivity index (χ2n) is 4.71. The van der Waals surface area contributed by atoms with Crippen LogP contribution in [0.5, 0.6) is 0 Å². The van der Waals surface area contributed by atoms with Crippen LogP contribution in [-0.2, 0) is 11.2 Å². The molecule has 1 aliphatic heterocycles. The predicted octanol–water partition coefficient (Wildman–Crippen LogP) is 2.54. The molecule has 0 spiro atoms. The quantitative estimate of drug-likeness (QED) is 0.911.